The van der Waals surface area contributed by atoms with E-state index < -0.39 is 0 Å². The van der Waals surface area contributed by atoms with Crippen LogP contribution in [0.4, 0.5) is 0 Å². The summed E-state index contributed by atoms with van der Waals surface area (Å²) in [5.74, 6) is 0.664. The molecule has 0 heterocycles. The number of unbranched alkanes of at least 4 members (excludes halogenated alkanes) is 1. The van der Waals surface area contributed by atoms with Crippen LogP contribution in [0, 0.1) is 0 Å². The lowest BCUT2D eigenvalue weighted by Crippen LogP contribution is -2.24. The monoisotopic (exact) mass is 248 g/mol. The topological polar surface area (TPSA) is 64.3 Å². The normalized spacial score (nSPS) is 9.83. The van der Waals surface area contributed by atoms with Crippen LogP contribution in [0.1, 0.15) is 23.2 Å². The van der Waals surface area contributed by atoms with Gasteiger partial charge in [-0.15, -0.1) is 0 Å². The van der Waals surface area contributed by atoms with Gasteiger partial charge in [-0.3, -0.25) is 4.79 Å². The highest BCUT2D eigenvalue weighted by Gasteiger charge is 2.04. The number of nitrogens with two attached hydrogens (primary N) is 1. The highest BCUT2D eigenvalue weighted by atomic mass is 16.5. The number of ether oxygens (including phenoxy) is 1. The zero-order valence-corrected chi connectivity index (χ0v) is 10.5. The van der Waals surface area contributed by atoms with Crippen LogP contribution in [0.2, 0.25) is 0 Å². The van der Waals surface area contributed by atoms with Crippen molar-refractivity contribution in [1.82, 2.24) is 5.32 Å². The second kappa shape index (κ2) is 8.31. The molecule has 18 heavy (non-hydrogen) atoms. The first-order valence-electron chi connectivity index (χ1n) is 6.10. The maximum absolute atomic E-state index is 11.7. The van der Waals surface area contributed by atoms with Gasteiger partial charge in [0.1, 0.15) is 12.4 Å². The smallest absolute Gasteiger partial charge is 0.251 e. The predicted octanol–water partition coefficient (Wildman–Crippen LogP) is 1.72. The lowest BCUT2D eigenvalue weighted by Gasteiger charge is -2.06. The zero-order valence-electron chi connectivity index (χ0n) is 10.5. The van der Waals surface area contributed by atoms with Crippen molar-refractivity contribution in [3.05, 3.63) is 42.5 Å². The molecule has 0 atom stereocenters. The van der Waals surface area contributed by atoms with Crippen molar-refractivity contribution in [2.24, 2.45) is 5.73 Å². The van der Waals surface area contributed by atoms with E-state index >= 15 is 0 Å². The minimum absolute atomic E-state index is 0.0673. The molecule has 0 saturated heterocycles. The molecule has 3 N–H and O–H groups in total. The minimum atomic E-state index is -0.0673. The Hall–Kier alpha value is -1.81. The van der Waals surface area contributed by atoms with E-state index in [1.807, 2.05) is 0 Å². The third-order valence-corrected chi connectivity index (χ3v) is 2.40. The molecule has 4 heteroatoms. The van der Waals surface area contributed by atoms with Gasteiger partial charge in [0, 0.05) is 12.1 Å². The van der Waals surface area contributed by atoms with Gasteiger partial charge in [-0.2, -0.15) is 0 Å². The third kappa shape index (κ3) is 5.01. The van der Waals surface area contributed by atoms with Crippen LogP contribution in [-0.2, 0) is 0 Å². The van der Waals surface area contributed by atoms with Gasteiger partial charge in [-0.05, 0) is 43.7 Å². The van der Waals surface area contributed by atoms with Crippen LogP contribution < -0.4 is 15.8 Å². The van der Waals surface area contributed by atoms with Gasteiger partial charge in [0.05, 0.1) is 0 Å². The number of carbonyl (C=O) groups excluding carboxylic acids is 1. The molecule has 0 saturated carbocycles. The van der Waals surface area contributed by atoms with Gasteiger partial charge in [-0.1, -0.05) is 12.7 Å². The summed E-state index contributed by atoms with van der Waals surface area (Å²) in [5.41, 5.74) is 6.01. The van der Waals surface area contributed by atoms with Crippen LogP contribution in [0.15, 0.2) is 36.9 Å². The number of benzene rings is 1. The maximum Gasteiger partial charge on any atom is 0.251 e. The molecule has 1 aromatic carbocycles. The van der Waals surface area contributed by atoms with Crippen LogP contribution >= 0.6 is 0 Å². The van der Waals surface area contributed by atoms with E-state index in [1.54, 1.807) is 30.3 Å². The van der Waals surface area contributed by atoms with Gasteiger partial charge in [0.25, 0.3) is 5.91 Å². The molecule has 0 aromatic heterocycles. The SMILES string of the molecule is C=CCOc1ccc(C(=O)NCCCCN)cc1. The highest BCUT2D eigenvalue weighted by Crippen LogP contribution is 2.12. The molecular formula is C14H20N2O2. The predicted molar refractivity (Wildman–Crippen MR) is 72.8 cm³/mol. The van der Waals surface area contributed by atoms with Crippen molar-refractivity contribution in [2.45, 2.75) is 12.8 Å². The fraction of sp³-hybridized carbons (Fsp3) is 0.357. The number of hydrogen-bond acceptors (Lipinski definition) is 3. The van der Waals surface area contributed by atoms with Crippen LogP contribution in [0.25, 0.3) is 0 Å². The molecule has 0 aliphatic rings. The molecule has 0 bridgehead atoms. The average molecular weight is 248 g/mol. The number of amides is 1. The second-order valence-corrected chi connectivity index (χ2v) is 3.88. The summed E-state index contributed by atoms with van der Waals surface area (Å²) in [7, 11) is 0. The van der Waals surface area contributed by atoms with Crippen LogP contribution in [0.3, 0.4) is 0 Å². The summed E-state index contributed by atoms with van der Waals surface area (Å²) >= 11 is 0. The Morgan fingerprint density at radius 1 is 1.33 bits per heavy atom. The van der Waals surface area contributed by atoms with E-state index in [9.17, 15) is 4.79 Å². The van der Waals surface area contributed by atoms with E-state index in [0.717, 1.165) is 18.6 Å². The van der Waals surface area contributed by atoms with E-state index in [2.05, 4.69) is 11.9 Å². The molecule has 1 amide bonds. The number of hydrogen-bond donors (Lipinski definition) is 2. The third-order valence-electron chi connectivity index (χ3n) is 2.40. The first kappa shape index (κ1) is 14.3. The van der Waals surface area contributed by atoms with E-state index in [1.165, 1.54) is 0 Å². The molecule has 0 aliphatic carbocycles. The molecular weight excluding hydrogens is 228 g/mol. The number of nitrogens with one attached hydrogen (secondary N) is 1. The molecule has 98 valence electrons. The lowest BCUT2D eigenvalue weighted by atomic mass is 10.2. The van der Waals surface area contributed by atoms with Crippen molar-refractivity contribution in [3.8, 4) is 5.75 Å². The zero-order chi connectivity index (χ0) is 13.2. The lowest BCUT2D eigenvalue weighted by molar-refractivity contribution is 0.0953. The standard InChI is InChI=1S/C14H20N2O2/c1-2-11-18-13-7-5-12(6-8-13)14(17)16-10-4-3-9-15/h2,5-8H,1,3-4,9-11,15H2,(H,16,17). The highest BCUT2D eigenvalue weighted by molar-refractivity contribution is 5.94. The number of carbonyl (C=O) groups is 1. The Kier molecular flexibility index (Phi) is 6.58. The Labute approximate surface area is 108 Å². The van der Waals surface area contributed by atoms with Crippen molar-refractivity contribution in [3.63, 3.8) is 0 Å². The molecule has 0 unspecified atom stereocenters. The molecule has 1 aromatic rings. The average Bonchev–Trinajstić information content (AvgIpc) is 2.41. The molecule has 1 rings (SSSR count). The molecule has 0 radical (unpaired) electrons. The van der Waals surface area contributed by atoms with Gasteiger partial charge in [-0.25, -0.2) is 0 Å². The van der Waals surface area contributed by atoms with Crippen molar-refractivity contribution in [1.29, 1.82) is 0 Å². The first-order chi connectivity index (χ1) is 8.77. The number of rotatable bonds is 8. The maximum atomic E-state index is 11.7. The van der Waals surface area contributed by atoms with E-state index in [-0.39, 0.29) is 5.91 Å². The summed E-state index contributed by atoms with van der Waals surface area (Å²) in [4.78, 5) is 11.7. The van der Waals surface area contributed by atoms with Gasteiger partial charge in [0.15, 0.2) is 0 Å². The van der Waals surface area contributed by atoms with Crippen LogP contribution in [-0.4, -0.2) is 25.6 Å². The summed E-state index contributed by atoms with van der Waals surface area (Å²) in [6, 6.07) is 7.05. The molecule has 4 nitrogen and oxygen atoms in total. The molecule has 0 fully saturated rings. The van der Waals surface area contributed by atoms with Crippen molar-refractivity contribution < 1.29 is 9.53 Å². The van der Waals surface area contributed by atoms with Gasteiger partial charge in [0.2, 0.25) is 0 Å². The van der Waals surface area contributed by atoms with Crippen LogP contribution in [0.5, 0.6) is 5.75 Å². The van der Waals surface area contributed by atoms with Gasteiger partial charge >= 0.3 is 0 Å². The Morgan fingerprint density at radius 3 is 2.67 bits per heavy atom. The Balaban J connectivity index is 2.41. The first-order valence-corrected chi connectivity index (χ1v) is 6.10. The molecule has 0 spiro atoms. The summed E-state index contributed by atoms with van der Waals surface area (Å²) < 4.78 is 5.34. The fourth-order valence-electron chi connectivity index (χ4n) is 1.43. The van der Waals surface area contributed by atoms with Crippen molar-refractivity contribution >= 4 is 5.91 Å². The minimum Gasteiger partial charge on any atom is -0.490 e. The summed E-state index contributed by atoms with van der Waals surface area (Å²) in [5, 5.41) is 2.84. The second-order valence-electron chi connectivity index (χ2n) is 3.88. The fourth-order valence-corrected chi connectivity index (χ4v) is 1.43. The quantitative estimate of drug-likeness (QED) is 0.544. The summed E-state index contributed by atoms with van der Waals surface area (Å²) in [6.07, 6.45) is 3.51. The van der Waals surface area contributed by atoms with Gasteiger partial charge < -0.3 is 15.8 Å². The Bertz CT molecular complexity index is 374. The summed E-state index contributed by atoms with van der Waals surface area (Å²) in [6.45, 7) is 5.35. The van der Waals surface area contributed by atoms with E-state index in [0.29, 0.717) is 25.3 Å². The Morgan fingerprint density at radius 2 is 2.06 bits per heavy atom. The molecule has 0 aliphatic heterocycles. The van der Waals surface area contributed by atoms with E-state index in [4.69, 9.17) is 10.5 Å². The largest absolute Gasteiger partial charge is 0.490 e. The van der Waals surface area contributed by atoms with Crippen molar-refractivity contribution in [2.75, 3.05) is 19.7 Å².